The number of unbranched alkanes of at least 4 members (excludes halogenated alkanes) is 2. The van der Waals surface area contributed by atoms with Crippen molar-refractivity contribution in [2.24, 2.45) is 0 Å². The number of carboxylic acid groups (broad SMARTS) is 1. The van der Waals surface area contributed by atoms with Crippen LogP contribution < -0.4 is 0 Å². The molecule has 0 bridgehead atoms. The molecule has 0 atom stereocenters. The maximum Gasteiger partial charge on any atom is 0.332 e. The van der Waals surface area contributed by atoms with Gasteiger partial charge in [-0.25, -0.2) is 4.79 Å². The van der Waals surface area contributed by atoms with E-state index in [1.807, 2.05) is 14.1 Å². The summed E-state index contributed by atoms with van der Waals surface area (Å²) in [5.41, 5.74) is 0.403. The molecule has 0 aromatic rings. The predicted octanol–water partition coefficient (Wildman–Crippen LogP) is 2.45. The van der Waals surface area contributed by atoms with Crippen molar-refractivity contribution in [2.75, 3.05) is 33.7 Å². The summed E-state index contributed by atoms with van der Waals surface area (Å²) in [4.78, 5) is 15.0. The third-order valence-electron chi connectivity index (χ3n) is 2.60. The average Bonchev–Trinajstić information content (AvgIpc) is 2.25. The Hall–Kier alpha value is -0.740. The first kappa shape index (κ1) is 19.6. The van der Waals surface area contributed by atoms with Crippen molar-refractivity contribution in [1.82, 2.24) is 9.80 Å². The van der Waals surface area contributed by atoms with Crippen LogP contribution in [0.15, 0.2) is 11.8 Å². The highest BCUT2D eigenvalue weighted by molar-refractivity contribution is 5.85. The van der Waals surface area contributed by atoms with Gasteiger partial charge in [-0.05, 0) is 27.4 Å². The fourth-order valence-electron chi connectivity index (χ4n) is 1.46. The van der Waals surface area contributed by atoms with Crippen LogP contribution in [0.25, 0.3) is 0 Å². The fourth-order valence-corrected chi connectivity index (χ4v) is 1.46. The van der Waals surface area contributed by atoms with E-state index in [0.29, 0.717) is 5.57 Å². The maximum absolute atomic E-state index is 10.8. The summed E-state index contributed by atoms with van der Waals surface area (Å²) in [5, 5.41) is 8.87. The van der Waals surface area contributed by atoms with Gasteiger partial charge in [-0.3, -0.25) is 0 Å². The molecule has 0 aliphatic carbocycles. The van der Waals surface area contributed by atoms with Gasteiger partial charge in [0.15, 0.2) is 0 Å². The van der Waals surface area contributed by atoms with Crippen molar-refractivity contribution in [2.45, 2.75) is 33.1 Å². The second-order valence-electron chi connectivity index (χ2n) is 4.66. The Labute approximate surface area is 117 Å². The second kappa shape index (κ2) is 11.4. The molecule has 1 N–H and O–H groups in total. The number of likely N-dealkylation sites (N-methyl/N-ethyl adjacent to an activating group) is 1. The van der Waals surface area contributed by atoms with E-state index in [1.54, 1.807) is 13.1 Å². The highest BCUT2D eigenvalue weighted by atomic mass is 35.5. The van der Waals surface area contributed by atoms with Crippen LogP contribution in [0.3, 0.4) is 0 Å². The zero-order valence-corrected chi connectivity index (χ0v) is 12.8. The summed E-state index contributed by atoms with van der Waals surface area (Å²) in [6.07, 6.45) is 5.26. The summed E-state index contributed by atoms with van der Waals surface area (Å²) in [6.45, 7) is 6.57. The number of nitrogens with zero attached hydrogens (tertiary/aromatic N) is 2. The van der Waals surface area contributed by atoms with Crippen LogP contribution in [-0.4, -0.2) is 54.6 Å². The Balaban J connectivity index is 0. The van der Waals surface area contributed by atoms with E-state index in [0.717, 1.165) is 26.1 Å². The van der Waals surface area contributed by atoms with Gasteiger partial charge in [0.1, 0.15) is 0 Å². The lowest BCUT2D eigenvalue weighted by Crippen LogP contribution is -2.29. The molecule has 108 valence electrons. The summed E-state index contributed by atoms with van der Waals surface area (Å²) in [5.74, 6) is -0.838. The van der Waals surface area contributed by atoms with Crippen LogP contribution >= 0.6 is 12.4 Å². The highest BCUT2D eigenvalue weighted by Gasteiger charge is 2.05. The van der Waals surface area contributed by atoms with E-state index in [9.17, 15) is 4.79 Å². The Morgan fingerprint density at radius 1 is 1.17 bits per heavy atom. The van der Waals surface area contributed by atoms with Gasteiger partial charge in [0.05, 0.1) is 0 Å². The first-order chi connectivity index (χ1) is 7.97. The molecule has 0 amide bonds. The van der Waals surface area contributed by atoms with E-state index in [1.165, 1.54) is 12.8 Å². The Morgan fingerprint density at radius 2 is 1.78 bits per heavy atom. The van der Waals surface area contributed by atoms with E-state index >= 15 is 0 Å². The summed E-state index contributed by atoms with van der Waals surface area (Å²) >= 11 is 0. The fraction of sp³-hybridized carbons (Fsp3) is 0.769. The number of halogens is 1. The number of hydrogen-bond donors (Lipinski definition) is 1. The molecule has 0 radical (unpaired) electrons. The highest BCUT2D eigenvalue weighted by Crippen LogP contribution is 2.03. The molecule has 0 aliphatic rings. The summed E-state index contributed by atoms with van der Waals surface area (Å²) < 4.78 is 0. The minimum atomic E-state index is -0.838. The lowest BCUT2D eigenvalue weighted by atomic mass is 10.2. The van der Waals surface area contributed by atoms with Crippen LogP contribution in [0.5, 0.6) is 0 Å². The molecule has 0 rings (SSSR count). The molecule has 0 unspecified atom stereocenters. The smallest absolute Gasteiger partial charge is 0.332 e. The molecule has 0 aliphatic heterocycles. The van der Waals surface area contributed by atoms with Gasteiger partial charge in [-0.1, -0.05) is 19.8 Å². The van der Waals surface area contributed by atoms with Crippen molar-refractivity contribution >= 4 is 18.4 Å². The Morgan fingerprint density at radius 3 is 2.22 bits per heavy atom. The summed E-state index contributed by atoms with van der Waals surface area (Å²) in [7, 11) is 4.05. The first-order valence-electron chi connectivity index (χ1n) is 6.27. The molecular weight excluding hydrogens is 252 g/mol. The molecule has 0 aromatic carbocycles. The number of carbonyl (C=O) groups is 1. The number of carboxylic acids is 1. The third-order valence-corrected chi connectivity index (χ3v) is 2.60. The lowest BCUT2D eigenvalue weighted by molar-refractivity contribution is -0.132. The Kier molecular flexibility index (Phi) is 12.4. The quantitative estimate of drug-likeness (QED) is 0.520. The average molecular weight is 279 g/mol. The SMILES string of the molecule is CCCCCN(C=C(C)C(=O)O)CCN(C)C.Cl. The van der Waals surface area contributed by atoms with Gasteiger partial charge in [0, 0.05) is 31.4 Å². The van der Waals surface area contributed by atoms with Gasteiger partial charge >= 0.3 is 5.97 Å². The monoisotopic (exact) mass is 278 g/mol. The van der Waals surface area contributed by atoms with E-state index in [4.69, 9.17) is 5.11 Å². The predicted molar refractivity (Wildman–Crippen MR) is 78.3 cm³/mol. The largest absolute Gasteiger partial charge is 0.478 e. The van der Waals surface area contributed by atoms with Crippen molar-refractivity contribution in [3.8, 4) is 0 Å². The number of hydrogen-bond acceptors (Lipinski definition) is 3. The molecular formula is C13H27ClN2O2. The number of rotatable bonds is 9. The van der Waals surface area contributed by atoms with Crippen LogP contribution in [0.1, 0.15) is 33.1 Å². The standard InChI is InChI=1S/C13H26N2O2.ClH/c1-5-6-7-8-15(10-9-14(3)4)11-12(2)13(16)17;/h11H,5-10H2,1-4H3,(H,16,17);1H. The normalized spacial score (nSPS) is 11.3. The van der Waals surface area contributed by atoms with Crippen molar-refractivity contribution in [1.29, 1.82) is 0 Å². The number of aliphatic carboxylic acids is 1. The van der Waals surface area contributed by atoms with Crippen molar-refractivity contribution in [3.05, 3.63) is 11.8 Å². The van der Waals surface area contributed by atoms with Crippen molar-refractivity contribution < 1.29 is 9.90 Å². The lowest BCUT2D eigenvalue weighted by Gasteiger charge is -2.23. The van der Waals surface area contributed by atoms with Gasteiger partial charge in [0.2, 0.25) is 0 Å². The molecule has 5 heteroatoms. The van der Waals surface area contributed by atoms with E-state index < -0.39 is 5.97 Å². The summed E-state index contributed by atoms with van der Waals surface area (Å²) in [6, 6.07) is 0. The Bertz CT molecular complexity index is 255. The molecule has 0 saturated heterocycles. The molecule has 0 heterocycles. The zero-order valence-electron chi connectivity index (χ0n) is 12.0. The van der Waals surface area contributed by atoms with Gasteiger partial charge < -0.3 is 14.9 Å². The molecule has 0 fully saturated rings. The minimum Gasteiger partial charge on any atom is -0.478 e. The topological polar surface area (TPSA) is 43.8 Å². The molecule has 18 heavy (non-hydrogen) atoms. The maximum atomic E-state index is 10.8. The van der Waals surface area contributed by atoms with Gasteiger partial charge in [0.25, 0.3) is 0 Å². The molecule has 0 spiro atoms. The zero-order chi connectivity index (χ0) is 13.3. The van der Waals surface area contributed by atoms with Gasteiger partial charge in [-0.15, -0.1) is 12.4 Å². The van der Waals surface area contributed by atoms with Crippen LogP contribution in [-0.2, 0) is 4.79 Å². The second-order valence-corrected chi connectivity index (χ2v) is 4.66. The van der Waals surface area contributed by atoms with Gasteiger partial charge in [-0.2, -0.15) is 0 Å². The molecule has 0 aromatic heterocycles. The van der Waals surface area contributed by atoms with Crippen molar-refractivity contribution in [3.63, 3.8) is 0 Å². The molecule has 4 nitrogen and oxygen atoms in total. The van der Waals surface area contributed by atoms with E-state index in [-0.39, 0.29) is 12.4 Å². The third kappa shape index (κ3) is 10.4. The van der Waals surface area contributed by atoms with Crippen LogP contribution in [0.2, 0.25) is 0 Å². The molecule has 0 saturated carbocycles. The minimum absolute atomic E-state index is 0. The first-order valence-corrected chi connectivity index (χ1v) is 6.27. The van der Waals surface area contributed by atoms with E-state index in [2.05, 4.69) is 16.7 Å². The van der Waals surface area contributed by atoms with Crippen LogP contribution in [0, 0.1) is 0 Å². The van der Waals surface area contributed by atoms with Crippen LogP contribution in [0.4, 0.5) is 0 Å².